The fourth-order valence-corrected chi connectivity index (χ4v) is 5.75. The van der Waals surface area contributed by atoms with Crippen molar-refractivity contribution in [1.82, 2.24) is 9.21 Å². The molecule has 2 atom stereocenters. The summed E-state index contributed by atoms with van der Waals surface area (Å²) in [5, 5.41) is -0.0886. The molecule has 0 spiro atoms. The van der Waals surface area contributed by atoms with E-state index in [4.69, 9.17) is 0 Å². The van der Waals surface area contributed by atoms with Gasteiger partial charge in [0.15, 0.2) is 0 Å². The fraction of sp³-hybridized carbons (Fsp3) is 0.588. The number of carbonyl (C=O) groups is 1. The molecule has 0 aliphatic carbocycles. The first-order valence-electron chi connectivity index (χ1n) is 8.48. The summed E-state index contributed by atoms with van der Waals surface area (Å²) in [5.74, 6) is -0.124. The average Bonchev–Trinajstić information content (AvgIpc) is 2.98. The molecule has 0 bridgehead atoms. The first-order valence-corrected chi connectivity index (χ1v) is 10.6. The van der Waals surface area contributed by atoms with Crippen LogP contribution in [-0.2, 0) is 20.6 Å². The Morgan fingerprint density at radius 3 is 2.46 bits per heavy atom. The normalized spacial score (nSPS) is 25.8. The number of piperidine rings is 1. The number of sulfonamides is 1. The zero-order chi connectivity index (χ0) is 17.2. The summed E-state index contributed by atoms with van der Waals surface area (Å²) in [6.45, 7) is 1.78. The summed E-state index contributed by atoms with van der Waals surface area (Å²) in [7, 11) is -3.54. The molecule has 0 aromatic heterocycles. The molecule has 2 aliphatic heterocycles. The molecular formula is C17H24N2O3S2. The lowest BCUT2D eigenvalue weighted by Crippen LogP contribution is -2.49. The lowest BCUT2D eigenvalue weighted by molar-refractivity contribution is -0.135. The minimum absolute atomic E-state index is 0.0529. The van der Waals surface area contributed by atoms with Gasteiger partial charge < -0.3 is 4.90 Å². The second-order valence-corrected chi connectivity index (χ2v) is 9.25. The Balaban J connectivity index is 1.77. The van der Waals surface area contributed by atoms with E-state index in [9.17, 15) is 13.2 Å². The van der Waals surface area contributed by atoms with E-state index in [1.54, 1.807) is 12.1 Å². The molecule has 24 heavy (non-hydrogen) atoms. The van der Waals surface area contributed by atoms with E-state index in [0.717, 1.165) is 37.9 Å². The van der Waals surface area contributed by atoms with E-state index >= 15 is 0 Å². The van der Waals surface area contributed by atoms with Crippen molar-refractivity contribution in [2.75, 3.05) is 19.6 Å². The van der Waals surface area contributed by atoms with Gasteiger partial charge in [-0.25, -0.2) is 8.42 Å². The van der Waals surface area contributed by atoms with Gasteiger partial charge in [-0.15, -0.1) is 0 Å². The first kappa shape index (κ1) is 17.8. The predicted molar refractivity (Wildman–Crippen MR) is 97.4 cm³/mol. The Hall–Kier alpha value is -1.05. The van der Waals surface area contributed by atoms with Gasteiger partial charge in [0.25, 0.3) is 0 Å². The topological polar surface area (TPSA) is 57.7 Å². The molecule has 0 N–H and O–H groups in total. The Bertz CT molecular complexity index is 672. The zero-order valence-electron chi connectivity index (χ0n) is 13.7. The van der Waals surface area contributed by atoms with Crippen LogP contribution in [0.1, 0.15) is 31.2 Å². The molecule has 2 heterocycles. The van der Waals surface area contributed by atoms with Crippen LogP contribution in [0.5, 0.6) is 0 Å². The number of likely N-dealkylation sites (tertiary alicyclic amines) is 1. The van der Waals surface area contributed by atoms with Crippen LogP contribution >= 0.6 is 12.6 Å². The molecule has 7 heteroatoms. The molecule has 2 unspecified atom stereocenters. The van der Waals surface area contributed by atoms with E-state index in [0.29, 0.717) is 13.0 Å². The minimum atomic E-state index is -3.54. The smallest absolute Gasteiger partial charge is 0.241 e. The molecule has 2 fully saturated rings. The summed E-state index contributed by atoms with van der Waals surface area (Å²) < 4.78 is 27.1. The monoisotopic (exact) mass is 368 g/mol. The van der Waals surface area contributed by atoms with E-state index < -0.39 is 16.1 Å². The standard InChI is InChI=1S/C17H24N2O3S2/c20-17(18-9-5-2-6-10-18)16-11-15(23)12-19(16)24(21,22)13-14-7-3-1-4-8-14/h1,3-4,7-8,15-16,23H,2,5-6,9-13H2. The highest BCUT2D eigenvalue weighted by Gasteiger charge is 2.43. The van der Waals surface area contributed by atoms with Crippen molar-refractivity contribution < 1.29 is 13.2 Å². The summed E-state index contributed by atoms with van der Waals surface area (Å²) in [5.41, 5.74) is 0.740. The largest absolute Gasteiger partial charge is 0.341 e. The highest BCUT2D eigenvalue weighted by atomic mass is 32.2. The van der Waals surface area contributed by atoms with Gasteiger partial charge in [0.05, 0.1) is 5.75 Å². The maximum absolute atomic E-state index is 12.9. The van der Waals surface area contributed by atoms with Gasteiger partial charge in [-0.3, -0.25) is 4.79 Å². The van der Waals surface area contributed by atoms with Crippen LogP contribution < -0.4 is 0 Å². The number of rotatable bonds is 4. The highest BCUT2D eigenvalue weighted by molar-refractivity contribution is 7.88. The van der Waals surface area contributed by atoms with Crippen molar-refractivity contribution in [3.63, 3.8) is 0 Å². The van der Waals surface area contributed by atoms with E-state index in [1.165, 1.54) is 4.31 Å². The number of hydrogen-bond acceptors (Lipinski definition) is 4. The molecule has 132 valence electrons. The minimum Gasteiger partial charge on any atom is -0.341 e. The second-order valence-electron chi connectivity index (χ2n) is 6.60. The van der Waals surface area contributed by atoms with Gasteiger partial charge in [0.2, 0.25) is 15.9 Å². The summed E-state index contributed by atoms with van der Waals surface area (Å²) in [6.07, 6.45) is 3.63. The van der Waals surface area contributed by atoms with Crippen molar-refractivity contribution in [3.8, 4) is 0 Å². The van der Waals surface area contributed by atoms with Crippen molar-refractivity contribution in [2.24, 2.45) is 0 Å². The van der Waals surface area contributed by atoms with Crippen molar-refractivity contribution in [3.05, 3.63) is 35.9 Å². The Kier molecular flexibility index (Phi) is 5.52. The number of benzene rings is 1. The third-order valence-electron chi connectivity index (χ3n) is 4.74. The van der Waals surface area contributed by atoms with Gasteiger partial charge in [0.1, 0.15) is 6.04 Å². The van der Waals surface area contributed by atoms with Crippen LogP contribution in [0.25, 0.3) is 0 Å². The first-order chi connectivity index (χ1) is 11.5. The summed E-state index contributed by atoms with van der Waals surface area (Å²) in [6, 6.07) is 8.51. The van der Waals surface area contributed by atoms with E-state index in [1.807, 2.05) is 23.1 Å². The number of carbonyl (C=O) groups excluding carboxylic acids is 1. The van der Waals surface area contributed by atoms with Gasteiger partial charge in [-0.1, -0.05) is 30.3 Å². The van der Waals surface area contributed by atoms with Gasteiger partial charge in [-0.05, 0) is 31.2 Å². The molecule has 2 saturated heterocycles. The van der Waals surface area contributed by atoms with Crippen LogP contribution in [0.4, 0.5) is 0 Å². The predicted octanol–water partition coefficient (Wildman–Crippen LogP) is 1.90. The molecular weight excluding hydrogens is 344 g/mol. The van der Waals surface area contributed by atoms with Crippen LogP contribution in [0.15, 0.2) is 30.3 Å². The molecule has 1 aromatic carbocycles. The van der Waals surface area contributed by atoms with Crippen LogP contribution in [0, 0.1) is 0 Å². The van der Waals surface area contributed by atoms with Gasteiger partial charge in [0, 0.05) is 24.9 Å². The third-order valence-corrected chi connectivity index (χ3v) is 6.93. The van der Waals surface area contributed by atoms with Gasteiger partial charge in [-0.2, -0.15) is 16.9 Å². The molecule has 2 aliphatic rings. The van der Waals surface area contributed by atoms with Crippen LogP contribution in [0.2, 0.25) is 0 Å². The Labute approximate surface area is 149 Å². The molecule has 1 amide bonds. The fourth-order valence-electron chi connectivity index (χ4n) is 3.51. The quantitative estimate of drug-likeness (QED) is 0.826. The summed E-state index contributed by atoms with van der Waals surface area (Å²) in [4.78, 5) is 14.7. The molecule has 0 radical (unpaired) electrons. The number of hydrogen-bond donors (Lipinski definition) is 1. The SMILES string of the molecule is O=C(C1CC(S)CN1S(=O)(=O)Cc1ccccc1)N1CCCCC1. The maximum Gasteiger partial charge on any atom is 0.241 e. The lowest BCUT2D eigenvalue weighted by atomic mass is 10.1. The van der Waals surface area contributed by atoms with Crippen molar-refractivity contribution in [1.29, 1.82) is 0 Å². The zero-order valence-corrected chi connectivity index (χ0v) is 15.4. The number of amides is 1. The van der Waals surface area contributed by atoms with E-state index in [2.05, 4.69) is 12.6 Å². The Morgan fingerprint density at radius 1 is 1.12 bits per heavy atom. The molecule has 5 nitrogen and oxygen atoms in total. The third kappa shape index (κ3) is 3.95. The lowest BCUT2D eigenvalue weighted by Gasteiger charge is -2.32. The molecule has 1 aromatic rings. The van der Waals surface area contributed by atoms with Crippen LogP contribution in [0.3, 0.4) is 0 Å². The average molecular weight is 369 g/mol. The van der Waals surface area contributed by atoms with Gasteiger partial charge >= 0.3 is 0 Å². The molecule has 3 rings (SSSR count). The van der Waals surface area contributed by atoms with Crippen molar-refractivity contribution >= 4 is 28.6 Å². The summed E-state index contributed by atoms with van der Waals surface area (Å²) >= 11 is 4.45. The van der Waals surface area contributed by atoms with Crippen LogP contribution in [-0.4, -0.2) is 54.5 Å². The second kappa shape index (κ2) is 7.45. The Morgan fingerprint density at radius 2 is 1.79 bits per heavy atom. The number of thiol groups is 1. The maximum atomic E-state index is 12.9. The van der Waals surface area contributed by atoms with E-state index in [-0.39, 0.29) is 16.9 Å². The molecule has 0 saturated carbocycles. The van der Waals surface area contributed by atoms with Crippen molar-refractivity contribution in [2.45, 2.75) is 42.7 Å². The highest BCUT2D eigenvalue weighted by Crippen LogP contribution is 2.28. The number of nitrogens with zero attached hydrogens (tertiary/aromatic N) is 2.